The number of anilines is 1. The number of carbonyl (C=O) groups is 1. The lowest BCUT2D eigenvalue weighted by Gasteiger charge is -2.08. The van der Waals surface area contributed by atoms with Gasteiger partial charge in [-0.2, -0.15) is 0 Å². The van der Waals surface area contributed by atoms with Gasteiger partial charge < -0.3 is 11.5 Å². The molecule has 0 heterocycles. The first-order valence-corrected chi connectivity index (χ1v) is 8.40. The zero-order valence-corrected chi connectivity index (χ0v) is 13.3. The number of amides is 1. The van der Waals surface area contributed by atoms with Gasteiger partial charge in [0, 0.05) is 10.0 Å². The van der Waals surface area contributed by atoms with E-state index < -0.39 is 15.7 Å². The van der Waals surface area contributed by atoms with Crippen LogP contribution in [0.5, 0.6) is 0 Å². The zero-order chi connectivity index (χ0) is 15.6. The Morgan fingerprint density at radius 3 is 2.29 bits per heavy atom. The van der Waals surface area contributed by atoms with Crippen LogP contribution < -0.4 is 11.5 Å². The molecule has 2 aromatic carbocycles. The summed E-state index contributed by atoms with van der Waals surface area (Å²) < 4.78 is 25.4. The van der Waals surface area contributed by atoms with E-state index in [4.69, 9.17) is 11.5 Å². The third-order valence-corrected chi connectivity index (χ3v) is 5.14. The molecule has 0 aromatic heterocycles. The summed E-state index contributed by atoms with van der Waals surface area (Å²) in [6, 6.07) is 10.8. The summed E-state index contributed by atoms with van der Waals surface area (Å²) in [6.07, 6.45) is 0. The number of hydrogen-bond donors (Lipinski definition) is 2. The van der Waals surface area contributed by atoms with E-state index in [-0.39, 0.29) is 16.3 Å². The number of benzene rings is 2. The van der Waals surface area contributed by atoms with Crippen molar-refractivity contribution in [1.29, 1.82) is 0 Å². The quantitative estimate of drug-likeness (QED) is 0.806. The van der Waals surface area contributed by atoms with Gasteiger partial charge >= 0.3 is 0 Å². The Labute approximate surface area is 131 Å². The Bertz CT molecular complexity index is 786. The van der Waals surface area contributed by atoms with Crippen molar-refractivity contribution in [3.63, 3.8) is 0 Å². The summed E-state index contributed by atoms with van der Waals surface area (Å²) in [4.78, 5) is 11.1. The summed E-state index contributed by atoms with van der Waals surface area (Å²) in [5.41, 5.74) is 12.0. The molecule has 0 radical (unpaired) electrons. The van der Waals surface area contributed by atoms with Gasteiger partial charge in [-0.3, -0.25) is 4.79 Å². The maximum Gasteiger partial charge on any atom is 0.248 e. The van der Waals surface area contributed by atoms with E-state index in [1.54, 1.807) is 18.2 Å². The number of nitrogen functional groups attached to an aromatic ring is 1. The number of hydrogen-bond acceptors (Lipinski definition) is 4. The molecule has 0 aliphatic carbocycles. The maximum atomic E-state index is 12.4. The van der Waals surface area contributed by atoms with Crippen LogP contribution in [0.4, 0.5) is 5.69 Å². The second kappa shape index (κ2) is 5.87. The van der Waals surface area contributed by atoms with E-state index in [0.717, 1.165) is 0 Å². The normalized spacial score (nSPS) is 11.3. The third kappa shape index (κ3) is 3.62. The van der Waals surface area contributed by atoms with Gasteiger partial charge in [0.2, 0.25) is 5.91 Å². The van der Waals surface area contributed by atoms with E-state index in [1.165, 1.54) is 24.3 Å². The lowest BCUT2D eigenvalue weighted by atomic mass is 10.1. The predicted molar refractivity (Wildman–Crippen MR) is 84.4 cm³/mol. The highest BCUT2D eigenvalue weighted by atomic mass is 79.9. The molecule has 0 unspecified atom stereocenters. The molecular formula is C14H13BrN2O3S. The molecule has 4 N–H and O–H groups in total. The fourth-order valence-electron chi connectivity index (χ4n) is 1.84. The smallest absolute Gasteiger partial charge is 0.248 e. The largest absolute Gasteiger partial charge is 0.398 e. The van der Waals surface area contributed by atoms with Crippen LogP contribution in [0.2, 0.25) is 0 Å². The van der Waals surface area contributed by atoms with Gasteiger partial charge in [0.15, 0.2) is 9.84 Å². The van der Waals surface area contributed by atoms with Gasteiger partial charge in [0.05, 0.1) is 16.3 Å². The number of carbonyl (C=O) groups excluding carboxylic acids is 1. The van der Waals surface area contributed by atoms with Crippen LogP contribution in [0.3, 0.4) is 0 Å². The van der Waals surface area contributed by atoms with Gasteiger partial charge in [-0.25, -0.2) is 8.42 Å². The van der Waals surface area contributed by atoms with Crippen LogP contribution in [0, 0.1) is 0 Å². The third-order valence-electron chi connectivity index (χ3n) is 2.91. The van der Waals surface area contributed by atoms with E-state index in [9.17, 15) is 13.2 Å². The fourth-order valence-corrected chi connectivity index (χ4v) is 3.87. The van der Waals surface area contributed by atoms with Gasteiger partial charge in [0.1, 0.15) is 0 Å². The van der Waals surface area contributed by atoms with Crippen molar-refractivity contribution < 1.29 is 13.2 Å². The van der Waals surface area contributed by atoms with Crippen molar-refractivity contribution >= 4 is 37.4 Å². The standard InChI is InChI=1S/C14H13BrN2O3S/c15-11-5-6-12(16)13(7-11)21(19,20)8-9-1-3-10(4-2-9)14(17)18/h1-7H,8,16H2,(H2,17,18). The summed E-state index contributed by atoms with van der Waals surface area (Å²) in [5.74, 6) is -0.757. The molecular weight excluding hydrogens is 356 g/mol. The monoisotopic (exact) mass is 368 g/mol. The van der Waals surface area contributed by atoms with Crippen molar-refractivity contribution in [2.45, 2.75) is 10.6 Å². The molecule has 2 aromatic rings. The van der Waals surface area contributed by atoms with Crippen molar-refractivity contribution in [3.05, 3.63) is 58.1 Å². The van der Waals surface area contributed by atoms with E-state index in [1.807, 2.05) is 0 Å². The maximum absolute atomic E-state index is 12.4. The first-order chi connectivity index (χ1) is 9.79. The number of sulfone groups is 1. The molecule has 0 aliphatic rings. The molecule has 0 saturated carbocycles. The molecule has 0 atom stereocenters. The van der Waals surface area contributed by atoms with Gasteiger partial charge in [-0.05, 0) is 35.9 Å². The molecule has 7 heteroatoms. The van der Waals surface area contributed by atoms with Crippen LogP contribution in [-0.4, -0.2) is 14.3 Å². The highest BCUT2D eigenvalue weighted by Crippen LogP contribution is 2.26. The summed E-state index contributed by atoms with van der Waals surface area (Å²) in [5, 5.41) is 0. The van der Waals surface area contributed by atoms with Crippen molar-refractivity contribution in [2.24, 2.45) is 5.73 Å². The average molecular weight is 369 g/mol. The minimum Gasteiger partial charge on any atom is -0.398 e. The van der Waals surface area contributed by atoms with Crippen LogP contribution in [0.25, 0.3) is 0 Å². The van der Waals surface area contributed by atoms with Crippen LogP contribution >= 0.6 is 15.9 Å². The molecule has 5 nitrogen and oxygen atoms in total. The highest BCUT2D eigenvalue weighted by molar-refractivity contribution is 9.10. The number of rotatable bonds is 4. The first kappa shape index (κ1) is 15.5. The second-order valence-corrected chi connectivity index (χ2v) is 7.38. The Balaban J connectivity index is 2.33. The SMILES string of the molecule is NC(=O)c1ccc(CS(=O)(=O)c2cc(Br)ccc2N)cc1. The predicted octanol–water partition coefficient (Wildman–Crippen LogP) is 2.10. The summed E-state index contributed by atoms with van der Waals surface area (Å²) in [7, 11) is -3.57. The van der Waals surface area contributed by atoms with Crippen molar-refractivity contribution in [3.8, 4) is 0 Å². The topological polar surface area (TPSA) is 103 Å². The fraction of sp³-hybridized carbons (Fsp3) is 0.0714. The Kier molecular flexibility index (Phi) is 4.34. The number of primary amides is 1. The second-order valence-electron chi connectivity index (χ2n) is 4.50. The highest BCUT2D eigenvalue weighted by Gasteiger charge is 2.19. The minimum absolute atomic E-state index is 0.0795. The van der Waals surface area contributed by atoms with Crippen molar-refractivity contribution in [1.82, 2.24) is 0 Å². The van der Waals surface area contributed by atoms with Crippen LogP contribution in [-0.2, 0) is 15.6 Å². The van der Waals surface area contributed by atoms with E-state index in [0.29, 0.717) is 15.6 Å². The van der Waals surface area contributed by atoms with Gasteiger partial charge in [-0.1, -0.05) is 28.1 Å². The zero-order valence-electron chi connectivity index (χ0n) is 10.9. The molecule has 0 fully saturated rings. The van der Waals surface area contributed by atoms with Crippen LogP contribution in [0.1, 0.15) is 15.9 Å². The average Bonchev–Trinajstić information content (AvgIpc) is 2.41. The van der Waals surface area contributed by atoms with Crippen molar-refractivity contribution in [2.75, 3.05) is 5.73 Å². The van der Waals surface area contributed by atoms with Gasteiger partial charge in [0.25, 0.3) is 0 Å². The Hall–Kier alpha value is -1.86. The number of nitrogens with two attached hydrogens (primary N) is 2. The molecule has 2 rings (SSSR count). The number of halogens is 1. The summed E-state index contributed by atoms with van der Waals surface area (Å²) >= 11 is 3.23. The molecule has 21 heavy (non-hydrogen) atoms. The first-order valence-electron chi connectivity index (χ1n) is 5.96. The molecule has 0 spiro atoms. The summed E-state index contributed by atoms with van der Waals surface area (Å²) in [6.45, 7) is 0. The Morgan fingerprint density at radius 1 is 1.10 bits per heavy atom. The molecule has 110 valence electrons. The van der Waals surface area contributed by atoms with E-state index >= 15 is 0 Å². The minimum atomic E-state index is -3.57. The molecule has 1 amide bonds. The lowest BCUT2D eigenvalue weighted by Crippen LogP contribution is -2.11. The lowest BCUT2D eigenvalue weighted by molar-refractivity contribution is 0.100. The Morgan fingerprint density at radius 2 is 1.71 bits per heavy atom. The molecule has 0 aliphatic heterocycles. The molecule has 0 bridgehead atoms. The van der Waals surface area contributed by atoms with Gasteiger partial charge in [-0.15, -0.1) is 0 Å². The van der Waals surface area contributed by atoms with E-state index in [2.05, 4.69) is 15.9 Å². The molecule has 0 saturated heterocycles. The van der Waals surface area contributed by atoms with Crippen LogP contribution in [0.15, 0.2) is 51.8 Å².